The number of nitrogens with zero attached hydrogens (tertiary/aromatic N) is 2. The van der Waals surface area contributed by atoms with Gasteiger partial charge in [-0.2, -0.15) is 18.2 Å². The number of urea groups is 1. The highest BCUT2D eigenvalue weighted by Crippen LogP contribution is 2.27. The highest BCUT2D eigenvalue weighted by Gasteiger charge is 2.38. The number of thioether (sulfide) groups is 1. The van der Waals surface area contributed by atoms with Gasteiger partial charge in [0.1, 0.15) is 0 Å². The quantitative estimate of drug-likeness (QED) is 0.664. The van der Waals surface area contributed by atoms with Crippen LogP contribution in [0, 0.1) is 0 Å². The van der Waals surface area contributed by atoms with E-state index in [1.807, 2.05) is 0 Å². The van der Waals surface area contributed by atoms with Crippen molar-refractivity contribution in [3.8, 4) is 0 Å². The Bertz CT molecular complexity index is 765. The Kier molecular flexibility index (Phi) is 5.85. The van der Waals surface area contributed by atoms with Crippen LogP contribution in [0.3, 0.4) is 0 Å². The number of carbonyl (C=O) groups excluding carboxylic acids is 2. The van der Waals surface area contributed by atoms with E-state index in [4.69, 9.17) is 5.73 Å². The number of amides is 3. The number of alkyl halides is 3. The SMILES string of the molecule is NC(=O)CSc1ccccc1NC(=O)NCc1noc(C(F)(F)F)n1. The van der Waals surface area contributed by atoms with Gasteiger partial charge in [-0.3, -0.25) is 4.79 Å². The molecule has 0 aliphatic rings. The number of halogens is 3. The lowest BCUT2D eigenvalue weighted by atomic mass is 10.3. The number of rotatable bonds is 6. The maximum Gasteiger partial charge on any atom is 0.471 e. The summed E-state index contributed by atoms with van der Waals surface area (Å²) in [5.74, 6) is -2.29. The first-order valence-electron chi connectivity index (χ1n) is 6.70. The van der Waals surface area contributed by atoms with Crippen molar-refractivity contribution in [1.29, 1.82) is 0 Å². The third-order valence-electron chi connectivity index (χ3n) is 2.62. The molecule has 8 nitrogen and oxygen atoms in total. The molecule has 0 fully saturated rings. The van der Waals surface area contributed by atoms with E-state index in [9.17, 15) is 22.8 Å². The fourth-order valence-corrected chi connectivity index (χ4v) is 2.36. The van der Waals surface area contributed by atoms with E-state index in [0.29, 0.717) is 10.6 Å². The van der Waals surface area contributed by atoms with Crippen molar-refractivity contribution >= 4 is 29.4 Å². The van der Waals surface area contributed by atoms with Gasteiger partial charge in [-0.1, -0.05) is 17.3 Å². The van der Waals surface area contributed by atoms with E-state index in [-0.39, 0.29) is 18.1 Å². The fraction of sp³-hybridized carbons (Fsp3) is 0.231. The largest absolute Gasteiger partial charge is 0.471 e. The Labute approximate surface area is 143 Å². The van der Waals surface area contributed by atoms with Crippen LogP contribution in [0.15, 0.2) is 33.7 Å². The standard InChI is InChI=1S/C13H12F3N5O3S/c14-13(15,16)11-20-10(21-24-11)5-18-12(23)19-7-3-1-2-4-8(7)25-6-9(17)22/h1-4H,5-6H2,(H2,17,22)(H2,18,19,23). The van der Waals surface area contributed by atoms with Crippen LogP contribution in [0.1, 0.15) is 11.7 Å². The number of benzene rings is 1. The first-order valence-corrected chi connectivity index (χ1v) is 7.69. The number of primary amides is 1. The summed E-state index contributed by atoms with van der Waals surface area (Å²) < 4.78 is 41.0. The molecule has 0 unspecified atom stereocenters. The monoisotopic (exact) mass is 375 g/mol. The minimum Gasteiger partial charge on any atom is -0.369 e. The molecule has 3 amide bonds. The number of anilines is 1. The van der Waals surface area contributed by atoms with Crippen LogP contribution < -0.4 is 16.4 Å². The van der Waals surface area contributed by atoms with Gasteiger partial charge >= 0.3 is 18.1 Å². The molecule has 1 aromatic carbocycles. The third-order valence-corrected chi connectivity index (χ3v) is 3.72. The van der Waals surface area contributed by atoms with Crippen molar-refractivity contribution < 1.29 is 27.3 Å². The Morgan fingerprint density at radius 3 is 2.64 bits per heavy atom. The Hall–Kier alpha value is -2.76. The van der Waals surface area contributed by atoms with Gasteiger partial charge < -0.3 is 20.9 Å². The maximum atomic E-state index is 12.3. The van der Waals surface area contributed by atoms with Crippen molar-refractivity contribution in [2.45, 2.75) is 17.6 Å². The predicted molar refractivity (Wildman–Crippen MR) is 81.5 cm³/mol. The third kappa shape index (κ3) is 5.67. The highest BCUT2D eigenvalue weighted by atomic mass is 32.2. The lowest BCUT2D eigenvalue weighted by molar-refractivity contribution is -0.159. The molecule has 134 valence electrons. The topological polar surface area (TPSA) is 123 Å². The van der Waals surface area contributed by atoms with Crippen LogP contribution in [0.25, 0.3) is 0 Å². The zero-order valence-corrected chi connectivity index (χ0v) is 13.3. The van der Waals surface area contributed by atoms with Gasteiger partial charge in [0.05, 0.1) is 18.0 Å². The molecule has 0 radical (unpaired) electrons. The van der Waals surface area contributed by atoms with Gasteiger partial charge in [-0.15, -0.1) is 11.8 Å². The van der Waals surface area contributed by atoms with E-state index >= 15 is 0 Å². The average Bonchev–Trinajstić information content (AvgIpc) is 3.01. The van der Waals surface area contributed by atoms with E-state index in [0.717, 1.165) is 11.8 Å². The van der Waals surface area contributed by atoms with Crippen molar-refractivity contribution in [3.05, 3.63) is 36.0 Å². The van der Waals surface area contributed by atoms with Crippen molar-refractivity contribution in [3.63, 3.8) is 0 Å². The molecule has 0 saturated heterocycles. The van der Waals surface area contributed by atoms with E-state index in [1.54, 1.807) is 24.3 Å². The number of hydrogen-bond donors (Lipinski definition) is 3. The molecular weight excluding hydrogens is 363 g/mol. The van der Waals surface area contributed by atoms with Crippen molar-refractivity contribution in [1.82, 2.24) is 15.5 Å². The molecule has 25 heavy (non-hydrogen) atoms. The minimum absolute atomic E-state index is 0.0311. The number of carbonyl (C=O) groups is 2. The van der Waals surface area contributed by atoms with Crippen LogP contribution in [-0.4, -0.2) is 27.8 Å². The van der Waals surface area contributed by atoms with Crippen LogP contribution in [0.2, 0.25) is 0 Å². The number of nitrogens with two attached hydrogens (primary N) is 1. The van der Waals surface area contributed by atoms with Crippen LogP contribution >= 0.6 is 11.8 Å². The second-order valence-electron chi connectivity index (χ2n) is 4.57. The fourth-order valence-electron chi connectivity index (χ4n) is 1.61. The number of aromatic nitrogens is 2. The summed E-state index contributed by atoms with van der Waals surface area (Å²) >= 11 is 1.14. The summed E-state index contributed by atoms with van der Waals surface area (Å²) in [5.41, 5.74) is 5.49. The molecule has 0 spiro atoms. The first kappa shape index (κ1) is 18.6. The molecule has 0 saturated carbocycles. The van der Waals surface area contributed by atoms with Crippen LogP contribution in [0.4, 0.5) is 23.7 Å². The Balaban J connectivity index is 1.92. The summed E-state index contributed by atoms with van der Waals surface area (Å²) in [4.78, 5) is 26.4. The molecule has 2 aromatic rings. The molecule has 0 atom stereocenters. The predicted octanol–water partition coefficient (Wildman–Crippen LogP) is 1.99. The second kappa shape index (κ2) is 7.88. The summed E-state index contributed by atoms with van der Waals surface area (Å²) in [7, 11) is 0. The van der Waals surface area contributed by atoms with Crippen molar-refractivity contribution in [2.24, 2.45) is 5.73 Å². The average molecular weight is 375 g/mol. The first-order chi connectivity index (χ1) is 11.8. The van der Waals surface area contributed by atoms with E-state index < -0.39 is 24.0 Å². The smallest absolute Gasteiger partial charge is 0.369 e. The lowest BCUT2D eigenvalue weighted by Crippen LogP contribution is -2.29. The molecule has 2 rings (SSSR count). The summed E-state index contributed by atoms with van der Waals surface area (Å²) in [6.45, 7) is -0.359. The van der Waals surface area contributed by atoms with Crippen LogP contribution in [0.5, 0.6) is 0 Å². The highest BCUT2D eigenvalue weighted by molar-refractivity contribution is 8.00. The van der Waals surface area contributed by atoms with Gasteiger partial charge in [0.2, 0.25) is 5.91 Å². The number of hydrogen-bond acceptors (Lipinski definition) is 6. The summed E-state index contributed by atoms with van der Waals surface area (Å²) in [6, 6.07) is 5.96. The molecule has 1 aromatic heterocycles. The van der Waals surface area contributed by atoms with Gasteiger partial charge in [0.25, 0.3) is 0 Å². The molecule has 4 N–H and O–H groups in total. The number of nitrogens with one attached hydrogen (secondary N) is 2. The van der Waals surface area contributed by atoms with Gasteiger partial charge in [0.15, 0.2) is 5.82 Å². The van der Waals surface area contributed by atoms with E-state index in [2.05, 4.69) is 25.3 Å². The zero-order chi connectivity index (χ0) is 18.4. The number of para-hydroxylation sites is 1. The molecule has 12 heteroatoms. The van der Waals surface area contributed by atoms with Gasteiger partial charge in [0, 0.05) is 4.90 Å². The molecule has 0 aliphatic carbocycles. The lowest BCUT2D eigenvalue weighted by Gasteiger charge is -2.10. The molecule has 1 heterocycles. The van der Waals surface area contributed by atoms with Gasteiger partial charge in [-0.05, 0) is 12.1 Å². The van der Waals surface area contributed by atoms with E-state index in [1.165, 1.54) is 0 Å². The Morgan fingerprint density at radius 1 is 1.28 bits per heavy atom. The van der Waals surface area contributed by atoms with Crippen LogP contribution in [-0.2, 0) is 17.5 Å². The summed E-state index contributed by atoms with van der Waals surface area (Å²) in [6.07, 6.45) is -4.75. The molecule has 0 bridgehead atoms. The van der Waals surface area contributed by atoms with Gasteiger partial charge in [-0.25, -0.2) is 4.79 Å². The minimum atomic E-state index is -4.75. The van der Waals surface area contributed by atoms with Crippen molar-refractivity contribution in [2.75, 3.05) is 11.1 Å². The molecular formula is C13H12F3N5O3S. The second-order valence-corrected chi connectivity index (χ2v) is 5.59. The summed E-state index contributed by atoms with van der Waals surface area (Å²) in [5, 5.41) is 7.94. The zero-order valence-electron chi connectivity index (χ0n) is 12.5. The maximum absolute atomic E-state index is 12.3. The normalized spacial score (nSPS) is 11.2. The Morgan fingerprint density at radius 2 is 2.00 bits per heavy atom. The molecule has 0 aliphatic heterocycles.